The second-order valence-electron chi connectivity index (χ2n) is 7.03. The van der Waals surface area contributed by atoms with Gasteiger partial charge in [0, 0.05) is 13.1 Å². The number of aliphatic hydroxyl groups is 1. The number of halogens is 2. The van der Waals surface area contributed by atoms with Crippen molar-refractivity contribution in [1.29, 1.82) is 0 Å². The van der Waals surface area contributed by atoms with Gasteiger partial charge in [-0.3, -0.25) is 0 Å². The molecule has 1 atom stereocenters. The molecule has 0 saturated carbocycles. The Hall–Kier alpha value is -2.07. The molecule has 3 N–H and O–H groups in total. The van der Waals surface area contributed by atoms with E-state index in [0.717, 1.165) is 16.9 Å². The predicted molar refractivity (Wildman–Crippen MR) is 133 cm³/mol. The summed E-state index contributed by atoms with van der Waals surface area (Å²) < 4.78 is 24.9. The van der Waals surface area contributed by atoms with Crippen LogP contribution in [0.2, 0.25) is 0 Å². The monoisotopic (exact) mass is 545 g/mol. The van der Waals surface area contributed by atoms with Crippen LogP contribution in [0, 0.1) is 5.82 Å². The zero-order chi connectivity index (χ0) is 21.9. The molecule has 2 aromatic rings. The molecule has 31 heavy (non-hydrogen) atoms. The number of hydrogen-bond acceptors (Lipinski definition) is 4. The summed E-state index contributed by atoms with van der Waals surface area (Å²) in [6, 6.07) is 12.2. The Morgan fingerprint density at radius 3 is 2.55 bits per heavy atom. The van der Waals surface area contributed by atoms with E-state index in [-0.39, 0.29) is 42.4 Å². The van der Waals surface area contributed by atoms with Gasteiger partial charge in [-0.1, -0.05) is 18.2 Å². The maximum absolute atomic E-state index is 14.0. The van der Waals surface area contributed by atoms with Crippen molar-refractivity contribution in [1.82, 2.24) is 10.6 Å². The van der Waals surface area contributed by atoms with Crippen molar-refractivity contribution in [2.45, 2.75) is 46.4 Å². The highest BCUT2D eigenvalue weighted by Crippen LogP contribution is 2.20. The molecule has 0 bridgehead atoms. The molecule has 2 rings (SSSR count). The quantitative estimate of drug-likeness (QED) is 0.234. The molecular weight excluding hydrogens is 512 g/mol. The number of benzene rings is 2. The molecule has 0 spiro atoms. The minimum absolute atomic E-state index is 0. The Morgan fingerprint density at radius 2 is 1.90 bits per heavy atom. The first-order valence-electron chi connectivity index (χ1n) is 10.3. The van der Waals surface area contributed by atoms with E-state index < -0.39 is 11.9 Å². The first kappa shape index (κ1) is 27.0. The fraction of sp³-hybridized carbons (Fsp3) is 0.435. The number of nitrogens with one attached hydrogen (secondary N) is 2. The van der Waals surface area contributed by atoms with Gasteiger partial charge in [-0.2, -0.15) is 0 Å². The van der Waals surface area contributed by atoms with Crippen LogP contribution >= 0.6 is 24.0 Å². The molecular formula is C23H33FIN3O3. The Labute approximate surface area is 201 Å². The fourth-order valence-corrected chi connectivity index (χ4v) is 2.81. The maximum atomic E-state index is 14.0. The third-order valence-corrected chi connectivity index (χ3v) is 4.14. The molecule has 2 aromatic carbocycles. The average Bonchev–Trinajstić information content (AvgIpc) is 2.71. The van der Waals surface area contributed by atoms with Gasteiger partial charge in [-0.05, 0) is 63.1 Å². The van der Waals surface area contributed by atoms with Gasteiger partial charge >= 0.3 is 0 Å². The summed E-state index contributed by atoms with van der Waals surface area (Å²) in [5.41, 5.74) is 1.48. The van der Waals surface area contributed by atoms with E-state index in [4.69, 9.17) is 9.47 Å². The second kappa shape index (κ2) is 14.1. The molecule has 0 aliphatic heterocycles. The van der Waals surface area contributed by atoms with Gasteiger partial charge in [-0.25, -0.2) is 9.38 Å². The van der Waals surface area contributed by atoms with Crippen molar-refractivity contribution in [2.24, 2.45) is 4.99 Å². The standard InChI is InChI=1S/C23H32FN3O3.HI/c1-5-25-23(26-14-17-10-11-22(29-6-2)20(24)12-17)27-15-21(28)18-8-7-9-19(13-18)30-16(3)4;/h7-13,16,21,28H,5-6,14-15H2,1-4H3,(H2,25,26,27);1H. The van der Waals surface area contributed by atoms with E-state index in [1.54, 1.807) is 12.1 Å². The van der Waals surface area contributed by atoms with Crippen LogP contribution in [-0.2, 0) is 6.54 Å². The lowest BCUT2D eigenvalue weighted by Crippen LogP contribution is -2.39. The van der Waals surface area contributed by atoms with Crippen LogP contribution in [0.3, 0.4) is 0 Å². The lowest BCUT2D eigenvalue weighted by Gasteiger charge is -2.17. The van der Waals surface area contributed by atoms with Gasteiger partial charge in [0.25, 0.3) is 0 Å². The van der Waals surface area contributed by atoms with E-state index in [0.29, 0.717) is 25.7 Å². The van der Waals surface area contributed by atoms with Crippen LogP contribution in [0.5, 0.6) is 11.5 Å². The molecule has 0 aromatic heterocycles. The normalized spacial score (nSPS) is 12.2. The second-order valence-corrected chi connectivity index (χ2v) is 7.03. The topological polar surface area (TPSA) is 75.1 Å². The molecule has 0 saturated heterocycles. The van der Waals surface area contributed by atoms with Crippen LogP contribution in [-0.4, -0.2) is 36.9 Å². The van der Waals surface area contributed by atoms with E-state index in [1.807, 2.05) is 52.0 Å². The minimum Gasteiger partial charge on any atom is -0.491 e. The van der Waals surface area contributed by atoms with E-state index >= 15 is 0 Å². The average molecular weight is 545 g/mol. The first-order valence-corrected chi connectivity index (χ1v) is 10.3. The van der Waals surface area contributed by atoms with Crippen LogP contribution < -0.4 is 20.1 Å². The smallest absolute Gasteiger partial charge is 0.191 e. The Balaban J connectivity index is 0.00000480. The minimum atomic E-state index is -0.729. The molecule has 172 valence electrons. The van der Waals surface area contributed by atoms with Crippen LogP contribution in [0.25, 0.3) is 0 Å². The van der Waals surface area contributed by atoms with Crippen molar-refractivity contribution in [3.63, 3.8) is 0 Å². The van der Waals surface area contributed by atoms with E-state index in [9.17, 15) is 9.50 Å². The molecule has 0 amide bonds. The van der Waals surface area contributed by atoms with Gasteiger partial charge in [-0.15, -0.1) is 24.0 Å². The summed E-state index contributed by atoms with van der Waals surface area (Å²) >= 11 is 0. The summed E-state index contributed by atoms with van der Waals surface area (Å²) in [5.74, 6) is 1.10. The number of aliphatic imine (C=N–C) groups is 1. The Bertz CT molecular complexity index is 833. The van der Waals surface area contributed by atoms with Gasteiger partial charge in [0.05, 0.1) is 25.4 Å². The molecule has 0 fully saturated rings. The highest BCUT2D eigenvalue weighted by Gasteiger charge is 2.10. The number of hydrogen-bond donors (Lipinski definition) is 3. The third-order valence-electron chi connectivity index (χ3n) is 4.14. The lowest BCUT2D eigenvalue weighted by atomic mass is 10.1. The van der Waals surface area contributed by atoms with Crippen LogP contribution in [0.15, 0.2) is 47.5 Å². The first-order chi connectivity index (χ1) is 14.4. The molecule has 8 heteroatoms. The van der Waals surface area contributed by atoms with Gasteiger partial charge in [0.2, 0.25) is 0 Å². The van der Waals surface area contributed by atoms with Gasteiger partial charge < -0.3 is 25.2 Å². The van der Waals surface area contributed by atoms with Gasteiger partial charge in [0.1, 0.15) is 5.75 Å². The zero-order valence-electron chi connectivity index (χ0n) is 18.5. The highest BCUT2D eigenvalue weighted by molar-refractivity contribution is 14.0. The predicted octanol–water partition coefficient (Wildman–Crippen LogP) is 4.42. The zero-order valence-corrected chi connectivity index (χ0v) is 20.9. The van der Waals surface area contributed by atoms with Gasteiger partial charge in [0.15, 0.2) is 17.5 Å². The number of ether oxygens (including phenoxy) is 2. The number of aliphatic hydroxyl groups excluding tert-OH is 1. The third kappa shape index (κ3) is 9.30. The fourth-order valence-electron chi connectivity index (χ4n) is 2.81. The molecule has 0 aliphatic rings. The summed E-state index contributed by atoms with van der Waals surface area (Å²) in [5, 5.41) is 16.8. The number of rotatable bonds is 10. The molecule has 6 nitrogen and oxygen atoms in total. The van der Waals surface area contributed by atoms with E-state index in [2.05, 4.69) is 15.6 Å². The molecule has 0 radical (unpaired) electrons. The summed E-state index contributed by atoms with van der Waals surface area (Å²) in [6.07, 6.45) is -0.664. The van der Waals surface area contributed by atoms with Crippen LogP contribution in [0.1, 0.15) is 44.9 Å². The number of guanidine groups is 1. The van der Waals surface area contributed by atoms with E-state index in [1.165, 1.54) is 6.07 Å². The molecule has 0 aliphatic carbocycles. The number of nitrogens with zero attached hydrogens (tertiary/aromatic N) is 1. The van der Waals surface area contributed by atoms with Crippen molar-refractivity contribution in [2.75, 3.05) is 19.7 Å². The van der Waals surface area contributed by atoms with Crippen molar-refractivity contribution in [3.05, 3.63) is 59.4 Å². The van der Waals surface area contributed by atoms with Crippen LogP contribution in [0.4, 0.5) is 4.39 Å². The Morgan fingerprint density at radius 1 is 1.13 bits per heavy atom. The summed E-state index contributed by atoms with van der Waals surface area (Å²) in [7, 11) is 0. The molecule has 1 unspecified atom stereocenters. The maximum Gasteiger partial charge on any atom is 0.191 e. The Kier molecular flexibility index (Phi) is 12.2. The SMILES string of the molecule is CCNC(=NCc1ccc(OCC)c(F)c1)NCC(O)c1cccc(OC(C)C)c1.I. The summed E-state index contributed by atoms with van der Waals surface area (Å²) in [4.78, 5) is 4.47. The van der Waals surface area contributed by atoms with Crippen molar-refractivity contribution in [3.8, 4) is 11.5 Å². The summed E-state index contributed by atoms with van der Waals surface area (Å²) in [6.45, 7) is 9.33. The highest BCUT2D eigenvalue weighted by atomic mass is 127. The largest absolute Gasteiger partial charge is 0.491 e. The lowest BCUT2D eigenvalue weighted by molar-refractivity contribution is 0.179. The van der Waals surface area contributed by atoms with Crippen molar-refractivity contribution >= 4 is 29.9 Å². The molecule has 0 heterocycles. The van der Waals surface area contributed by atoms with Crippen molar-refractivity contribution < 1.29 is 19.0 Å².